The second-order valence-electron chi connectivity index (χ2n) is 4.11. The molecule has 0 heterocycles. The number of hydrogen-bond acceptors (Lipinski definition) is 3. The highest BCUT2D eigenvalue weighted by Gasteiger charge is 2.18. The third-order valence-electron chi connectivity index (χ3n) is 2.62. The molecule has 7 heteroatoms. The number of carbonyl (C=O) groups is 2. The lowest BCUT2D eigenvalue weighted by Gasteiger charge is -2.22. The molecule has 3 N–H and O–H groups in total. The highest BCUT2D eigenvalue weighted by atomic mass is 35.5. The number of aliphatic hydroxyl groups is 1. The molecule has 1 aromatic rings. The Labute approximate surface area is 122 Å². The lowest BCUT2D eigenvalue weighted by atomic mass is 10.2. The summed E-state index contributed by atoms with van der Waals surface area (Å²) in [7, 11) is 0. The van der Waals surface area contributed by atoms with Gasteiger partial charge in [0.2, 0.25) is 0 Å². The van der Waals surface area contributed by atoms with Crippen LogP contribution in [-0.2, 0) is 0 Å². The molecule has 0 aliphatic heterocycles. The minimum atomic E-state index is -1.21. The van der Waals surface area contributed by atoms with Crippen LogP contribution >= 0.6 is 11.6 Å². The number of anilines is 1. The van der Waals surface area contributed by atoms with E-state index in [4.69, 9.17) is 21.8 Å². The third-order valence-corrected chi connectivity index (χ3v) is 2.93. The largest absolute Gasteiger partial charge is 0.478 e. The van der Waals surface area contributed by atoms with E-state index in [9.17, 15) is 9.59 Å². The lowest BCUT2D eigenvalue weighted by molar-refractivity contribution is 0.0698. The smallest absolute Gasteiger partial charge is 0.339 e. The van der Waals surface area contributed by atoms with Crippen molar-refractivity contribution in [2.45, 2.75) is 13.3 Å². The number of urea groups is 1. The summed E-state index contributed by atoms with van der Waals surface area (Å²) < 4.78 is 0. The number of hydrogen-bond donors (Lipinski definition) is 3. The van der Waals surface area contributed by atoms with Crippen molar-refractivity contribution in [2.24, 2.45) is 0 Å². The fourth-order valence-corrected chi connectivity index (χ4v) is 2.00. The van der Waals surface area contributed by atoms with Crippen LogP contribution in [0.15, 0.2) is 18.2 Å². The van der Waals surface area contributed by atoms with Crippen molar-refractivity contribution in [2.75, 3.05) is 25.0 Å². The van der Waals surface area contributed by atoms with Gasteiger partial charge in [0, 0.05) is 13.1 Å². The van der Waals surface area contributed by atoms with Gasteiger partial charge < -0.3 is 20.4 Å². The first-order valence-electron chi connectivity index (χ1n) is 6.19. The summed E-state index contributed by atoms with van der Waals surface area (Å²) in [4.78, 5) is 24.6. The number of amides is 2. The molecule has 2 amide bonds. The maximum atomic E-state index is 12.0. The fraction of sp³-hybridized carbons (Fsp3) is 0.385. The normalized spacial score (nSPS) is 10.2. The fourth-order valence-electron chi connectivity index (χ4n) is 1.75. The molecule has 0 aliphatic carbocycles. The minimum Gasteiger partial charge on any atom is -0.478 e. The zero-order chi connectivity index (χ0) is 15.1. The maximum Gasteiger partial charge on any atom is 0.339 e. The minimum absolute atomic E-state index is 0.0551. The van der Waals surface area contributed by atoms with Crippen LogP contribution in [0, 0.1) is 0 Å². The summed E-state index contributed by atoms with van der Waals surface area (Å²) in [5.74, 6) is -1.21. The molecule has 1 aromatic carbocycles. The average molecular weight is 301 g/mol. The number of nitrogens with one attached hydrogen (secondary N) is 1. The molecule has 0 atom stereocenters. The number of carbonyl (C=O) groups excluding carboxylic acids is 1. The Bertz CT molecular complexity index is 487. The Morgan fingerprint density at radius 3 is 2.60 bits per heavy atom. The molecule has 6 nitrogen and oxygen atoms in total. The van der Waals surface area contributed by atoms with Gasteiger partial charge in [-0.1, -0.05) is 24.6 Å². The van der Waals surface area contributed by atoms with Gasteiger partial charge in [-0.15, -0.1) is 0 Å². The Morgan fingerprint density at radius 2 is 2.05 bits per heavy atom. The van der Waals surface area contributed by atoms with Gasteiger partial charge in [0.15, 0.2) is 0 Å². The number of nitrogens with zero attached hydrogens (tertiary/aromatic N) is 1. The predicted octanol–water partition coefficient (Wildman–Crippen LogP) is 2.27. The van der Waals surface area contributed by atoms with E-state index in [-0.39, 0.29) is 29.4 Å². The number of carboxylic acids is 1. The number of halogens is 1. The highest BCUT2D eigenvalue weighted by Crippen LogP contribution is 2.24. The topological polar surface area (TPSA) is 89.9 Å². The van der Waals surface area contributed by atoms with E-state index in [0.29, 0.717) is 6.54 Å². The van der Waals surface area contributed by atoms with E-state index in [1.54, 1.807) is 6.07 Å². The summed E-state index contributed by atoms with van der Waals surface area (Å²) in [6.45, 7) is 2.40. The van der Waals surface area contributed by atoms with E-state index in [2.05, 4.69) is 5.32 Å². The number of aromatic carboxylic acids is 1. The van der Waals surface area contributed by atoms with Gasteiger partial charge in [-0.05, 0) is 18.6 Å². The molecule has 0 aromatic heterocycles. The first-order chi connectivity index (χ1) is 9.51. The van der Waals surface area contributed by atoms with Gasteiger partial charge in [0.25, 0.3) is 0 Å². The van der Waals surface area contributed by atoms with E-state index in [0.717, 1.165) is 6.42 Å². The van der Waals surface area contributed by atoms with Crippen LogP contribution in [0.4, 0.5) is 10.5 Å². The zero-order valence-corrected chi connectivity index (χ0v) is 11.9. The quantitative estimate of drug-likeness (QED) is 0.752. The predicted molar refractivity (Wildman–Crippen MR) is 76.4 cm³/mol. The first kappa shape index (κ1) is 16.3. The number of benzene rings is 1. The zero-order valence-electron chi connectivity index (χ0n) is 11.1. The van der Waals surface area contributed by atoms with Gasteiger partial charge in [0.05, 0.1) is 17.3 Å². The van der Waals surface area contributed by atoms with Gasteiger partial charge in [-0.2, -0.15) is 0 Å². The average Bonchev–Trinajstić information content (AvgIpc) is 2.38. The van der Waals surface area contributed by atoms with Crippen molar-refractivity contribution < 1.29 is 19.8 Å². The van der Waals surface area contributed by atoms with Crippen molar-refractivity contribution in [3.63, 3.8) is 0 Å². The summed E-state index contributed by atoms with van der Waals surface area (Å²) in [5.41, 5.74) is -0.0167. The Kier molecular flexibility index (Phi) is 6.27. The number of carboxylic acid groups (broad SMARTS) is 1. The molecule has 0 spiro atoms. The van der Waals surface area contributed by atoms with E-state index in [1.165, 1.54) is 17.0 Å². The van der Waals surface area contributed by atoms with E-state index < -0.39 is 12.0 Å². The molecule has 1 rings (SSSR count). The van der Waals surface area contributed by atoms with E-state index in [1.807, 2.05) is 6.92 Å². The lowest BCUT2D eigenvalue weighted by Crippen LogP contribution is -2.37. The third kappa shape index (κ3) is 4.11. The van der Waals surface area contributed by atoms with Crippen LogP contribution in [0.25, 0.3) is 0 Å². The van der Waals surface area contributed by atoms with Gasteiger partial charge in [-0.3, -0.25) is 0 Å². The second kappa shape index (κ2) is 7.72. The molecule has 20 heavy (non-hydrogen) atoms. The van der Waals surface area contributed by atoms with Crippen LogP contribution in [0.3, 0.4) is 0 Å². The summed E-state index contributed by atoms with van der Waals surface area (Å²) in [5, 5.41) is 20.6. The molecule has 0 radical (unpaired) electrons. The number of rotatable bonds is 6. The molecule has 0 unspecified atom stereocenters. The van der Waals surface area contributed by atoms with Gasteiger partial charge in [0.1, 0.15) is 5.56 Å². The molecule has 0 bridgehead atoms. The van der Waals surface area contributed by atoms with Crippen molar-refractivity contribution in [3.05, 3.63) is 28.8 Å². The molecule has 110 valence electrons. The monoisotopic (exact) mass is 300 g/mol. The van der Waals surface area contributed by atoms with Crippen LogP contribution in [0.5, 0.6) is 0 Å². The summed E-state index contributed by atoms with van der Waals surface area (Å²) >= 11 is 5.82. The van der Waals surface area contributed by atoms with Crippen molar-refractivity contribution in [3.8, 4) is 0 Å². The molecule has 0 saturated carbocycles. The van der Waals surface area contributed by atoms with Crippen LogP contribution in [0.2, 0.25) is 5.02 Å². The van der Waals surface area contributed by atoms with Gasteiger partial charge in [-0.25, -0.2) is 9.59 Å². The molecular weight excluding hydrogens is 284 g/mol. The van der Waals surface area contributed by atoms with Gasteiger partial charge >= 0.3 is 12.0 Å². The van der Waals surface area contributed by atoms with Crippen molar-refractivity contribution >= 4 is 29.3 Å². The molecular formula is C13H17ClN2O4. The standard InChI is InChI=1S/C13H17ClN2O4/c1-2-6-16(7-8-17)13(20)15-10-5-3-4-9(14)11(10)12(18)19/h3-5,17H,2,6-8H2,1H3,(H,15,20)(H,18,19). The molecule has 0 fully saturated rings. The second-order valence-corrected chi connectivity index (χ2v) is 4.52. The molecule has 0 aliphatic rings. The maximum absolute atomic E-state index is 12.0. The van der Waals surface area contributed by atoms with Crippen molar-refractivity contribution in [1.82, 2.24) is 4.90 Å². The highest BCUT2D eigenvalue weighted by molar-refractivity contribution is 6.34. The Morgan fingerprint density at radius 1 is 1.35 bits per heavy atom. The van der Waals surface area contributed by atoms with Crippen LogP contribution in [0.1, 0.15) is 23.7 Å². The molecule has 0 saturated heterocycles. The Balaban J connectivity index is 2.94. The summed E-state index contributed by atoms with van der Waals surface area (Å²) in [6.07, 6.45) is 0.731. The summed E-state index contributed by atoms with van der Waals surface area (Å²) in [6, 6.07) is 4.00. The van der Waals surface area contributed by atoms with Crippen molar-refractivity contribution in [1.29, 1.82) is 0 Å². The van der Waals surface area contributed by atoms with Crippen LogP contribution in [-0.4, -0.2) is 46.8 Å². The SMILES string of the molecule is CCCN(CCO)C(=O)Nc1cccc(Cl)c1C(=O)O. The number of aliphatic hydroxyl groups excluding tert-OH is 1. The first-order valence-corrected chi connectivity index (χ1v) is 6.57. The van der Waals surface area contributed by atoms with Crippen LogP contribution < -0.4 is 5.32 Å². The Hall–Kier alpha value is -1.79. The van der Waals surface area contributed by atoms with E-state index >= 15 is 0 Å².